The predicted molar refractivity (Wildman–Crippen MR) is 427 cm³/mol. The van der Waals surface area contributed by atoms with Crippen LogP contribution in [0.5, 0.6) is 0 Å². The van der Waals surface area contributed by atoms with Crippen molar-refractivity contribution in [1.29, 1.82) is 0 Å². The van der Waals surface area contributed by atoms with Gasteiger partial charge >= 0.3 is 39.5 Å². The Kier molecular flexibility index (Phi) is 74.2. The lowest BCUT2D eigenvalue weighted by Gasteiger charge is -2.21. The first-order chi connectivity index (χ1) is 50.7. The van der Waals surface area contributed by atoms with E-state index in [2.05, 4.69) is 125 Å². The van der Waals surface area contributed by atoms with E-state index in [0.717, 1.165) is 193 Å². The van der Waals surface area contributed by atoms with Gasteiger partial charge in [-0.3, -0.25) is 37.3 Å². The lowest BCUT2D eigenvalue weighted by molar-refractivity contribution is -0.161. The summed E-state index contributed by atoms with van der Waals surface area (Å²) in [5.41, 5.74) is 0. The summed E-state index contributed by atoms with van der Waals surface area (Å²) in [6.07, 6.45) is 82.2. The number of allylic oxidation sites excluding steroid dienone is 16. The second kappa shape index (κ2) is 77.1. The van der Waals surface area contributed by atoms with Crippen LogP contribution in [-0.4, -0.2) is 96.7 Å². The fourth-order valence-electron chi connectivity index (χ4n) is 11.2. The third-order valence-electron chi connectivity index (χ3n) is 17.5. The summed E-state index contributed by atoms with van der Waals surface area (Å²) in [7, 11) is -9.96. The maximum Gasteiger partial charge on any atom is 0.472 e. The van der Waals surface area contributed by atoms with Crippen LogP contribution in [0.1, 0.15) is 362 Å². The van der Waals surface area contributed by atoms with Gasteiger partial charge in [-0.1, -0.05) is 305 Å². The van der Waals surface area contributed by atoms with Crippen LogP contribution in [-0.2, 0) is 65.4 Å². The van der Waals surface area contributed by atoms with Crippen LogP contribution < -0.4 is 0 Å². The maximum atomic E-state index is 13.1. The Bertz CT molecular complexity index is 2350. The SMILES string of the molecule is CC/C=C\C/C=C\C/C=C\CCCCCCCCCC(=O)OC(COC(=O)CCCCCCCC/C=C\C/C=C\C/C=C\CCCCC)COP(=O)(O)OCC(O)COP(=O)(O)OCC(COC(=O)CCCCCCC/C=C\C/C=C\CCCCC)OC(=O)CCCCCCCCCCCCCCC. The van der Waals surface area contributed by atoms with Gasteiger partial charge in [-0.15, -0.1) is 0 Å². The summed E-state index contributed by atoms with van der Waals surface area (Å²) in [6.45, 7) is 4.73. The molecule has 5 unspecified atom stereocenters. The number of carbonyl (C=O) groups is 4. The van der Waals surface area contributed by atoms with E-state index in [9.17, 15) is 43.2 Å². The van der Waals surface area contributed by atoms with E-state index in [4.69, 9.17) is 37.0 Å². The standard InChI is InChI=1S/C85H150O17P2/c1-5-9-13-17-21-25-29-33-36-38-39-41-43-47-50-54-58-62-66-70-83(88)96-76-81(102-85(90)72-68-64-60-56-52-48-44-40-37-34-30-26-22-18-14-10-6-2)78-100-104(93,94)98-74-79(86)73-97-103(91,92)99-77-80(101-84(89)71-67-63-59-55-51-45-32-28-24-20-16-12-8-4)75-95-82(87)69-65-61-57-53-49-46-42-35-31-27-23-19-15-11-7-3/h10,14,21-23,25-27,33-37,39,41-42,79-81,86H,5-9,11-13,15-20,24,28-32,38,40,43-78H2,1-4H3,(H,91,92)(H,93,94)/b14-10-,25-21-,26-22-,27-23-,36-33-,37-34-,41-39-,42-35-. The molecule has 0 bridgehead atoms. The van der Waals surface area contributed by atoms with Gasteiger partial charge in [0, 0.05) is 25.7 Å². The Morgan fingerprint density at radius 1 is 0.279 bits per heavy atom. The zero-order chi connectivity index (χ0) is 76.0. The van der Waals surface area contributed by atoms with Gasteiger partial charge in [0.15, 0.2) is 12.2 Å². The molecule has 0 aromatic carbocycles. The highest BCUT2D eigenvalue weighted by atomic mass is 31.2. The Hall–Kier alpha value is -4.02. The number of ether oxygens (including phenoxy) is 4. The van der Waals surface area contributed by atoms with Gasteiger partial charge in [0.2, 0.25) is 0 Å². The van der Waals surface area contributed by atoms with E-state index in [1.165, 1.54) is 89.9 Å². The fraction of sp³-hybridized carbons (Fsp3) is 0.765. The molecule has 5 atom stereocenters. The molecule has 104 heavy (non-hydrogen) atoms. The van der Waals surface area contributed by atoms with Crippen LogP contribution in [0.3, 0.4) is 0 Å². The van der Waals surface area contributed by atoms with Crippen LogP contribution in [0.15, 0.2) is 97.2 Å². The zero-order valence-electron chi connectivity index (χ0n) is 65.9. The van der Waals surface area contributed by atoms with Gasteiger partial charge in [-0.2, -0.15) is 0 Å². The highest BCUT2D eigenvalue weighted by Gasteiger charge is 2.30. The van der Waals surface area contributed by atoms with Crippen molar-refractivity contribution in [2.24, 2.45) is 0 Å². The molecule has 0 amide bonds. The molecular formula is C85H150O17P2. The number of unbranched alkanes of at least 4 members (excludes halogenated alkanes) is 36. The van der Waals surface area contributed by atoms with E-state index in [1.807, 2.05) is 0 Å². The second-order valence-electron chi connectivity index (χ2n) is 27.7. The maximum absolute atomic E-state index is 13.1. The minimum absolute atomic E-state index is 0.0808. The average Bonchev–Trinajstić information content (AvgIpc) is 0.917. The monoisotopic (exact) mass is 1510 g/mol. The van der Waals surface area contributed by atoms with E-state index in [0.29, 0.717) is 25.7 Å². The number of rotatable bonds is 78. The van der Waals surface area contributed by atoms with E-state index < -0.39 is 97.5 Å². The Morgan fingerprint density at radius 2 is 0.500 bits per heavy atom. The fourth-order valence-corrected chi connectivity index (χ4v) is 12.8. The molecule has 0 aliphatic rings. The van der Waals surface area contributed by atoms with Crippen molar-refractivity contribution in [3.8, 4) is 0 Å². The molecule has 0 aliphatic carbocycles. The number of hydrogen-bond donors (Lipinski definition) is 3. The number of esters is 4. The van der Waals surface area contributed by atoms with Gasteiger partial charge < -0.3 is 33.8 Å². The van der Waals surface area contributed by atoms with Crippen molar-refractivity contribution in [2.45, 2.75) is 380 Å². The van der Waals surface area contributed by atoms with E-state index >= 15 is 0 Å². The molecule has 17 nitrogen and oxygen atoms in total. The summed E-state index contributed by atoms with van der Waals surface area (Å²) < 4.78 is 68.7. The molecule has 0 aliphatic heterocycles. The van der Waals surface area contributed by atoms with Crippen molar-refractivity contribution >= 4 is 39.5 Å². The van der Waals surface area contributed by atoms with Gasteiger partial charge in [-0.05, 0) is 128 Å². The molecule has 19 heteroatoms. The van der Waals surface area contributed by atoms with Gasteiger partial charge in [0.1, 0.15) is 19.3 Å². The first kappa shape index (κ1) is 100.0. The van der Waals surface area contributed by atoms with E-state index in [-0.39, 0.29) is 25.7 Å². The number of carbonyl (C=O) groups excluding carboxylic acids is 4. The highest BCUT2D eigenvalue weighted by Crippen LogP contribution is 2.45. The minimum atomic E-state index is -4.98. The molecule has 0 heterocycles. The smallest absolute Gasteiger partial charge is 0.462 e. The number of aliphatic hydroxyl groups excluding tert-OH is 1. The molecule has 0 radical (unpaired) electrons. The van der Waals surface area contributed by atoms with Crippen molar-refractivity contribution < 1.29 is 80.2 Å². The third kappa shape index (κ3) is 76.2. The van der Waals surface area contributed by atoms with Gasteiger partial charge in [0.25, 0.3) is 0 Å². The number of hydrogen-bond acceptors (Lipinski definition) is 15. The number of aliphatic hydroxyl groups is 1. The molecule has 0 saturated carbocycles. The average molecular weight is 1510 g/mol. The van der Waals surface area contributed by atoms with Crippen LogP contribution >= 0.6 is 15.6 Å². The van der Waals surface area contributed by atoms with Crippen LogP contribution in [0.4, 0.5) is 0 Å². The number of phosphoric acid groups is 2. The zero-order valence-corrected chi connectivity index (χ0v) is 67.7. The van der Waals surface area contributed by atoms with Crippen molar-refractivity contribution in [2.75, 3.05) is 39.6 Å². The Balaban J connectivity index is 5.36. The summed E-state index contributed by atoms with van der Waals surface area (Å²) in [4.78, 5) is 73.1. The molecule has 0 rings (SSSR count). The van der Waals surface area contributed by atoms with Crippen molar-refractivity contribution in [3.63, 3.8) is 0 Å². The van der Waals surface area contributed by atoms with Crippen LogP contribution in [0, 0.1) is 0 Å². The molecule has 0 fully saturated rings. The molecule has 0 spiro atoms. The second-order valence-corrected chi connectivity index (χ2v) is 30.6. The van der Waals surface area contributed by atoms with Crippen molar-refractivity contribution in [1.82, 2.24) is 0 Å². The molecule has 602 valence electrons. The summed E-state index contributed by atoms with van der Waals surface area (Å²) in [5, 5.41) is 10.7. The Labute approximate surface area is 633 Å². The topological polar surface area (TPSA) is 237 Å². The number of phosphoric ester groups is 2. The predicted octanol–water partition coefficient (Wildman–Crippen LogP) is 24.3. The lowest BCUT2D eigenvalue weighted by Crippen LogP contribution is -2.30. The minimum Gasteiger partial charge on any atom is -0.462 e. The quantitative estimate of drug-likeness (QED) is 0.0169. The summed E-state index contributed by atoms with van der Waals surface area (Å²) >= 11 is 0. The van der Waals surface area contributed by atoms with Crippen molar-refractivity contribution in [3.05, 3.63) is 97.2 Å². The first-order valence-corrected chi connectivity index (χ1v) is 44.5. The highest BCUT2D eigenvalue weighted by molar-refractivity contribution is 7.47. The van der Waals surface area contributed by atoms with Gasteiger partial charge in [0.05, 0.1) is 26.4 Å². The molecular weight excluding hydrogens is 1350 g/mol. The van der Waals surface area contributed by atoms with Crippen LogP contribution in [0.2, 0.25) is 0 Å². The third-order valence-corrected chi connectivity index (χ3v) is 19.4. The molecule has 3 N–H and O–H groups in total. The lowest BCUT2D eigenvalue weighted by atomic mass is 10.0. The molecule has 0 aromatic heterocycles. The largest absolute Gasteiger partial charge is 0.472 e. The molecule has 0 aromatic rings. The van der Waals surface area contributed by atoms with Gasteiger partial charge in [-0.25, -0.2) is 9.13 Å². The first-order valence-electron chi connectivity index (χ1n) is 41.5. The van der Waals surface area contributed by atoms with E-state index in [1.54, 1.807) is 0 Å². The Morgan fingerprint density at radius 3 is 0.788 bits per heavy atom. The summed E-state index contributed by atoms with van der Waals surface area (Å²) in [6, 6.07) is 0. The van der Waals surface area contributed by atoms with Crippen LogP contribution in [0.25, 0.3) is 0 Å². The normalized spacial score (nSPS) is 14.3. The molecule has 0 saturated heterocycles. The summed E-state index contributed by atoms with van der Waals surface area (Å²) in [5.74, 6) is -2.19.